The van der Waals surface area contributed by atoms with Gasteiger partial charge in [-0.25, -0.2) is 0 Å². The maximum Gasteiger partial charge on any atom is 0.0564 e. The molecule has 1 fully saturated rings. The van der Waals surface area contributed by atoms with Crippen molar-refractivity contribution in [3.63, 3.8) is 0 Å². The molecule has 0 radical (unpaired) electrons. The first kappa shape index (κ1) is 15.8. The molecule has 20 heavy (non-hydrogen) atoms. The van der Waals surface area contributed by atoms with Gasteiger partial charge in [-0.3, -0.25) is 4.90 Å². The molecule has 0 aliphatic carbocycles. The smallest absolute Gasteiger partial charge is 0.0564 e. The zero-order chi connectivity index (χ0) is 14.6. The zero-order valence-corrected chi connectivity index (χ0v) is 13.5. The first-order chi connectivity index (χ1) is 9.61. The summed E-state index contributed by atoms with van der Waals surface area (Å²) >= 11 is 6.02. The topological polar surface area (TPSA) is 29.3 Å². The lowest BCUT2D eigenvalue weighted by Gasteiger charge is -2.42. The van der Waals surface area contributed by atoms with Crippen LogP contribution in [0.1, 0.15) is 51.5 Å². The molecule has 2 atom stereocenters. The highest BCUT2D eigenvalue weighted by Crippen LogP contribution is 2.34. The Kier molecular flexibility index (Phi) is 5.48. The third-order valence-electron chi connectivity index (χ3n) is 4.70. The lowest BCUT2D eigenvalue weighted by Crippen LogP contribution is -2.55. The molecule has 1 aliphatic rings. The van der Waals surface area contributed by atoms with Crippen molar-refractivity contribution >= 4 is 11.6 Å². The van der Waals surface area contributed by atoms with Gasteiger partial charge in [-0.05, 0) is 56.5 Å². The monoisotopic (exact) mass is 294 g/mol. The molecule has 1 aromatic rings. The molecule has 1 aliphatic heterocycles. The Labute approximate surface area is 128 Å². The lowest BCUT2D eigenvalue weighted by atomic mass is 9.78. The van der Waals surface area contributed by atoms with E-state index >= 15 is 0 Å². The summed E-state index contributed by atoms with van der Waals surface area (Å²) in [6, 6.07) is 8.55. The second kappa shape index (κ2) is 6.93. The molecule has 2 unspecified atom stereocenters. The number of nitrogens with zero attached hydrogens (tertiary/aromatic N) is 1. The maximum absolute atomic E-state index is 6.89. The quantitative estimate of drug-likeness (QED) is 0.853. The number of benzene rings is 1. The molecular formula is C17H27ClN2. The van der Waals surface area contributed by atoms with Gasteiger partial charge in [0.15, 0.2) is 0 Å². The predicted octanol–water partition coefficient (Wildman–Crippen LogP) is 4.17. The molecule has 3 heteroatoms. The Morgan fingerprint density at radius 3 is 2.30 bits per heavy atom. The minimum Gasteiger partial charge on any atom is -0.320 e. The molecule has 0 saturated carbocycles. The molecule has 2 N–H and O–H groups in total. The highest BCUT2D eigenvalue weighted by atomic mass is 35.5. The van der Waals surface area contributed by atoms with Crippen LogP contribution in [0.15, 0.2) is 24.3 Å². The maximum atomic E-state index is 6.89. The second-order valence-corrected chi connectivity index (χ2v) is 6.38. The van der Waals surface area contributed by atoms with Crippen LogP contribution < -0.4 is 5.73 Å². The molecule has 2 nitrogen and oxygen atoms in total. The number of rotatable bonds is 6. The van der Waals surface area contributed by atoms with E-state index in [-0.39, 0.29) is 5.54 Å². The second-order valence-electron chi connectivity index (χ2n) is 5.95. The van der Waals surface area contributed by atoms with Gasteiger partial charge < -0.3 is 5.73 Å². The van der Waals surface area contributed by atoms with Crippen LogP contribution in [-0.4, -0.2) is 24.0 Å². The van der Waals surface area contributed by atoms with Crippen molar-refractivity contribution in [3.05, 3.63) is 34.9 Å². The minimum absolute atomic E-state index is 0.273. The van der Waals surface area contributed by atoms with Crippen molar-refractivity contribution in [1.29, 1.82) is 0 Å². The summed E-state index contributed by atoms with van der Waals surface area (Å²) in [6.45, 7) is 6.84. The van der Waals surface area contributed by atoms with E-state index in [1.807, 2.05) is 12.1 Å². The molecule has 1 saturated heterocycles. The summed E-state index contributed by atoms with van der Waals surface area (Å²) < 4.78 is 0. The predicted molar refractivity (Wildman–Crippen MR) is 87.1 cm³/mol. The first-order valence-corrected chi connectivity index (χ1v) is 8.28. The third-order valence-corrected chi connectivity index (χ3v) is 4.96. The van der Waals surface area contributed by atoms with E-state index in [9.17, 15) is 0 Å². The van der Waals surface area contributed by atoms with E-state index in [1.165, 1.54) is 37.9 Å². The minimum atomic E-state index is -0.273. The van der Waals surface area contributed by atoms with E-state index in [0.717, 1.165) is 17.9 Å². The van der Waals surface area contributed by atoms with Gasteiger partial charge in [0.05, 0.1) is 5.54 Å². The average Bonchev–Trinajstić information content (AvgIpc) is 2.98. The van der Waals surface area contributed by atoms with Crippen LogP contribution in [-0.2, 0) is 5.54 Å². The van der Waals surface area contributed by atoms with Gasteiger partial charge in [-0.15, -0.1) is 0 Å². The summed E-state index contributed by atoms with van der Waals surface area (Å²) in [7, 11) is 0. The van der Waals surface area contributed by atoms with Crippen LogP contribution >= 0.6 is 11.6 Å². The number of halogens is 1. The van der Waals surface area contributed by atoms with Crippen LogP contribution in [0.5, 0.6) is 0 Å². The molecule has 112 valence electrons. The Morgan fingerprint density at radius 2 is 1.80 bits per heavy atom. The standard InChI is InChI=1S/C17H27ClN2/c1-3-7-16(20-12-5-6-13-20)17(19,4-2)14-8-10-15(18)11-9-14/h8-11,16H,3-7,12-13,19H2,1-2H3. The number of likely N-dealkylation sites (tertiary alicyclic amines) is 1. The van der Waals surface area contributed by atoms with E-state index in [1.54, 1.807) is 0 Å². The molecule has 0 aromatic heterocycles. The Bertz CT molecular complexity index is 412. The van der Waals surface area contributed by atoms with E-state index in [0.29, 0.717) is 6.04 Å². The average molecular weight is 295 g/mol. The van der Waals surface area contributed by atoms with Gasteiger partial charge >= 0.3 is 0 Å². The molecule has 0 amide bonds. The summed E-state index contributed by atoms with van der Waals surface area (Å²) in [4.78, 5) is 2.60. The summed E-state index contributed by atoms with van der Waals surface area (Å²) in [6.07, 6.45) is 5.90. The summed E-state index contributed by atoms with van der Waals surface area (Å²) in [5, 5.41) is 0.778. The van der Waals surface area contributed by atoms with Crippen LogP contribution in [0.4, 0.5) is 0 Å². The van der Waals surface area contributed by atoms with Crippen LogP contribution in [0.2, 0.25) is 5.02 Å². The van der Waals surface area contributed by atoms with E-state index < -0.39 is 0 Å². The molecule has 1 heterocycles. The zero-order valence-electron chi connectivity index (χ0n) is 12.7. The van der Waals surface area contributed by atoms with Crippen molar-refractivity contribution in [2.24, 2.45) is 5.73 Å². The van der Waals surface area contributed by atoms with Crippen LogP contribution in [0, 0.1) is 0 Å². The van der Waals surface area contributed by atoms with E-state index in [2.05, 4.69) is 30.9 Å². The first-order valence-electron chi connectivity index (χ1n) is 7.90. The number of hydrogen-bond donors (Lipinski definition) is 1. The Morgan fingerprint density at radius 1 is 1.20 bits per heavy atom. The van der Waals surface area contributed by atoms with Gasteiger partial charge in [-0.2, -0.15) is 0 Å². The number of hydrogen-bond acceptors (Lipinski definition) is 2. The third kappa shape index (κ3) is 3.19. The molecule has 0 spiro atoms. The van der Waals surface area contributed by atoms with Gasteiger partial charge in [-0.1, -0.05) is 44.0 Å². The summed E-state index contributed by atoms with van der Waals surface area (Å²) in [5.41, 5.74) is 7.84. The fraction of sp³-hybridized carbons (Fsp3) is 0.647. The van der Waals surface area contributed by atoms with Gasteiger partial charge in [0.2, 0.25) is 0 Å². The van der Waals surface area contributed by atoms with Gasteiger partial charge in [0, 0.05) is 11.1 Å². The highest BCUT2D eigenvalue weighted by Gasteiger charge is 2.38. The van der Waals surface area contributed by atoms with Gasteiger partial charge in [0.1, 0.15) is 0 Å². The fourth-order valence-electron chi connectivity index (χ4n) is 3.48. The molecule has 0 bridgehead atoms. The normalized spacial score (nSPS) is 20.8. The van der Waals surface area contributed by atoms with Crippen molar-refractivity contribution < 1.29 is 0 Å². The Hall–Kier alpha value is -0.570. The van der Waals surface area contributed by atoms with Gasteiger partial charge in [0.25, 0.3) is 0 Å². The molecule has 2 rings (SSSR count). The van der Waals surface area contributed by atoms with Crippen LogP contribution in [0.3, 0.4) is 0 Å². The Balaban J connectivity index is 2.31. The van der Waals surface area contributed by atoms with Crippen molar-refractivity contribution in [2.75, 3.05) is 13.1 Å². The van der Waals surface area contributed by atoms with Crippen molar-refractivity contribution in [1.82, 2.24) is 4.90 Å². The van der Waals surface area contributed by atoms with Crippen molar-refractivity contribution in [3.8, 4) is 0 Å². The number of nitrogens with two attached hydrogens (primary N) is 1. The highest BCUT2D eigenvalue weighted by molar-refractivity contribution is 6.30. The lowest BCUT2D eigenvalue weighted by molar-refractivity contribution is 0.130. The summed E-state index contributed by atoms with van der Waals surface area (Å²) in [5.74, 6) is 0. The van der Waals surface area contributed by atoms with Crippen LogP contribution in [0.25, 0.3) is 0 Å². The van der Waals surface area contributed by atoms with E-state index in [4.69, 9.17) is 17.3 Å². The van der Waals surface area contributed by atoms with Crippen molar-refractivity contribution in [2.45, 2.75) is 57.5 Å². The molecule has 1 aromatic carbocycles. The SMILES string of the molecule is CCCC(N1CCCC1)C(N)(CC)c1ccc(Cl)cc1. The molecular weight excluding hydrogens is 268 g/mol. The fourth-order valence-corrected chi connectivity index (χ4v) is 3.61. The largest absolute Gasteiger partial charge is 0.320 e.